The normalized spacial score (nSPS) is 17.0. The fourth-order valence-electron chi connectivity index (χ4n) is 3.89. The Balaban J connectivity index is 0.000000547. The van der Waals surface area contributed by atoms with Crippen LogP contribution in [-0.2, 0) is 14.3 Å². The summed E-state index contributed by atoms with van der Waals surface area (Å²) in [6.45, 7) is 5.74. The highest BCUT2D eigenvalue weighted by atomic mass is 32.2. The molecule has 0 bridgehead atoms. The van der Waals surface area contributed by atoms with E-state index in [-0.39, 0.29) is 11.4 Å². The highest BCUT2D eigenvalue weighted by Gasteiger charge is 2.37. The van der Waals surface area contributed by atoms with Crippen molar-refractivity contribution >= 4 is 30.1 Å². The van der Waals surface area contributed by atoms with Crippen molar-refractivity contribution in [2.24, 2.45) is 5.73 Å². The van der Waals surface area contributed by atoms with Gasteiger partial charge in [-0.1, -0.05) is 12.8 Å². The Hall–Kier alpha value is -2.20. The van der Waals surface area contributed by atoms with Crippen molar-refractivity contribution in [1.29, 1.82) is 0 Å². The summed E-state index contributed by atoms with van der Waals surface area (Å²) in [5.74, 6) is 1.81. The van der Waals surface area contributed by atoms with Gasteiger partial charge in [-0.15, -0.1) is 0 Å². The molecule has 8 nitrogen and oxygen atoms in total. The van der Waals surface area contributed by atoms with Crippen molar-refractivity contribution in [3.8, 4) is 11.4 Å². The summed E-state index contributed by atoms with van der Waals surface area (Å²) in [5, 5.41) is 7.75. The lowest BCUT2D eigenvalue weighted by Crippen LogP contribution is -2.37. The van der Waals surface area contributed by atoms with E-state index in [1.54, 1.807) is 0 Å². The summed E-state index contributed by atoms with van der Waals surface area (Å²) in [6, 6.07) is 10.1. The molecule has 9 heteroatoms. The van der Waals surface area contributed by atoms with E-state index in [1.165, 1.54) is 31.4 Å². The van der Waals surface area contributed by atoms with E-state index in [2.05, 4.69) is 17.2 Å². The average molecular weight is 462 g/mol. The number of nitrogen functional groups attached to an aromatic ring is 1. The van der Waals surface area contributed by atoms with Crippen molar-refractivity contribution < 1.29 is 14.6 Å². The van der Waals surface area contributed by atoms with Crippen LogP contribution in [0.25, 0.3) is 11.4 Å². The van der Waals surface area contributed by atoms with Crippen LogP contribution in [-0.4, -0.2) is 67.6 Å². The van der Waals surface area contributed by atoms with Crippen LogP contribution in [0.2, 0.25) is 0 Å². The van der Waals surface area contributed by atoms with Gasteiger partial charge in [0.25, 0.3) is 0 Å². The molecule has 1 aliphatic heterocycles. The van der Waals surface area contributed by atoms with E-state index in [1.807, 2.05) is 42.8 Å². The Labute approximate surface area is 194 Å². The molecule has 2 heterocycles. The maximum absolute atomic E-state index is 8.00. The molecule has 176 valence electrons. The van der Waals surface area contributed by atoms with Gasteiger partial charge in [0.05, 0.1) is 30.3 Å². The second-order valence-corrected chi connectivity index (χ2v) is 8.76. The van der Waals surface area contributed by atoms with Crippen LogP contribution >= 0.6 is 11.8 Å². The van der Waals surface area contributed by atoms with E-state index in [4.69, 9.17) is 36.1 Å². The Morgan fingerprint density at radius 1 is 1.16 bits per heavy atom. The zero-order valence-corrected chi connectivity index (χ0v) is 19.6. The van der Waals surface area contributed by atoms with Gasteiger partial charge in [0.15, 0.2) is 5.82 Å². The molecule has 1 saturated heterocycles. The molecule has 0 unspecified atom stereocenters. The van der Waals surface area contributed by atoms with Gasteiger partial charge in [0, 0.05) is 37.0 Å². The summed E-state index contributed by atoms with van der Waals surface area (Å²) >= 11 is 1.94. The molecule has 2 aromatic rings. The zero-order chi connectivity index (χ0) is 23.4. The van der Waals surface area contributed by atoms with Crippen molar-refractivity contribution in [2.75, 3.05) is 56.3 Å². The van der Waals surface area contributed by atoms with Crippen LogP contribution < -0.4 is 16.4 Å². The number of hydrogen-bond donors (Lipinski definition) is 3. The number of benzene rings is 1. The lowest BCUT2D eigenvalue weighted by Gasteiger charge is -2.31. The summed E-state index contributed by atoms with van der Waals surface area (Å²) in [6.07, 6.45) is 7.14. The monoisotopic (exact) mass is 461 g/mol. The number of carbonyl (C=O) groups is 1. The van der Waals surface area contributed by atoms with Gasteiger partial charge in [-0.25, -0.2) is 9.97 Å². The van der Waals surface area contributed by atoms with Crippen LogP contribution in [0.3, 0.4) is 0 Å². The molecule has 1 aromatic heterocycles. The molecule has 1 saturated carbocycles. The number of hydrogen-bond acceptors (Lipinski definition) is 9. The van der Waals surface area contributed by atoms with Crippen LogP contribution in [0.5, 0.6) is 0 Å². The number of ether oxygens (including phenoxy) is 1. The molecule has 0 radical (unpaired) electrons. The molecule has 2 fully saturated rings. The van der Waals surface area contributed by atoms with E-state index in [9.17, 15) is 0 Å². The smallest absolute Gasteiger partial charge is 0.161 e. The highest BCUT2D eigenvalue weighted by Crippen LogP contribution is 2.48. The Morgan fingerprint density at radius 3 is 2.28 bits per heavy atom. The first-order valence-corrected chi connectivity index (χ1v) is 12.1. The van der Waals surface area contributed by atoms with Crippen molar-refractivity contribution in [3.63, 3.8) is 0 Å². The molecular formula is C23H35N5O3S. The zero-order valence-electron chi connectivity index (χ0n) is 18.8. The molecule has 1 aliphatic carbocycles. The van der Waals surface area contributed by atoms with E-state index in [0.717, 1.165) is 49.2 Å². The lowest BCUT2D eigenvalue weighted by atomic mass is 10.0. The molecule has 0 atom stereocenters. The van der Waals surface area contributed by atoms with Gasteiger partial charge in [-0.3, -0.25) is 0 Å². The first-order valence-electron chi connectivity index (χ1n) is 10.8. The predicted octanol–water partition coefficient (Wildman–Crippen LogP) is 2.45. The first-order chi connectivity index (χ1) is 15.6. The lowest BCUT2D eigenvalue weighted by molar-refractivity contribution is -0.0979. The van der Waals surface area contributed by atoms with Crippen LogP contribution in [0.4, 0.5) is 11.5 Å². The molecule has 0 amide bonds. The Bertz CT molecular complexity index is 808. The van der Waals surface area contributed by atoms with Crippen LogP contribution in [0.1, 0.15) is 31.4 Å². The van der Waals surface area contributed by atoms with Crippen molar-refractivity contribution in [3.05, 3.63) is 36.0 Å². The minimum atomic E-state index is 0.0972. The minimum absolute atomic E-state index is 0.0972. The predicted molar refractivity (Wildman–Crippen MR) is 132 cm³/mol. The van der Waals surface area contributed by atoms with Crippen molar-refractivity contribution in [1.82, 2.24) is 9.97 Å². The van der Waals surface area contributed by atoms with Crippen molar-refractivity contribution in [2.45, 2.75) is 30.4 Å². The van der Waals surface area contributed by atoms with E-state index < -0.39 is 0 Å². The summed E-state index contributed by atoms with van der Waals surface area (Å²) in [5.41, 5.74) is 13.6. The number of carbonyl (C=O) groups excluding carboxylic acids is 1. The fraction of sp³-hybridized carbons (Fsp3) is 0.522. The van der Waals surface area contributed by atoms with E-state index >= 15 is 0 Å². The molecule has 1 aromatic carbocycles. The van der Waals surface area contributed by atoms with Gasteiger partial charge in [0.2, 0.25) is 0 Å². The van der Waals surface area contributed by atoms with Gasteiger partial charge in [-0.2, -0.15) is 11.8 Å². The minimum Gasteiger partial charge on any atom is -0.399 e. The molecule has 5 N–H and O–H groups in total. The number of aliphatic hydroxyl groups excluding tert-OH is 1. The molecule has 0 spiro atoms. The maximum Gasteiger partial charge on any atom is 0.161 e. The average Bonchev–Trinajstić information content (AvgIpc) is 3.37. The number of aliphatic hydroxyl groups is 1. The molecule has 2 aliphatic rings. The molecular weight excluding hydrogens is 426 g/mol. The van der Waals surface area contributed by atoms with Gasteiger partial charge < -0.3 is 31.0 Å². The number of anilines is 2. The fourth-order valence-corrected chi connectivity index (χ4v) is 4.91. The van der Waals surface area contributed by atoms with E-state index in [0.29, 0.717) is 6.54 Å². The SMILES string of the molecule is C=O.CSC1(c2cc(N3CCOCC3)nc(-c3ccc(N)cc3)n2)CCCC1.NCCO. The maximum atomic E-state index is 8.00. The summed E-state index contributed by atoms with van der Waals surface area (Å²) < 4.78 is 5.63. The molecule has 32 heavy (non-hydrogen) atoms. The highest BCUT2D eigenvalue weighted by molar-refractivity contribution is 7.99. The van der Waals surface area contributed by atoms with Gasteiger partial charge in [0.1, 0.15) is 12.6 Å². The second kappa shape index (κ2) is 13.4. The quantitative estimate of drug-likeness (QED) is 0.575. The van der Waals surface area contributed by atoms with Gasteiger partial charge in [-0.05, 0) is 43.4 Å². The summed E-state index contributed by atoms with van der Waals surface area (Å²) in [7, 11) is 0. The largest absolute Gasteiger partial charge is 0.399 e. The number of nitrogens with zero attached hydrogens (tertiary/aromatic N) is 3. The van der Waals surface area contributed by atoms with Gasteiger partial charge >= 0.3 is 0 Å². The third-order valence-electron chi connectivity index (χ3n) is 5.61. The number of thioether (sulfide) groups is 1. The van der Waals surface area contributed by atoms with Crippen LogP contribution in [0.15, 0.2) is 30.3 Å². The Kier molecular flexibility index (Phi) is 10.9. The standard InChI is InChI=1S/C20H26N4OS.C2H7NO.CH2O/c1-26-20(8-2-3-9-20)17-14-18(24-10-12-25-13-11-24)23-19(22-17)15-4-6-16(21)7-5-15;3-1-2-4;1-2/h4-7,14H,2-3,8-13,21H2,1H3;4H,1-3H2;1H2. The molecule has 4 rings (SSSR count). The topological polar surface area (TPSA) is 128 Å². The third-order valence-corrected chi connectivity index (χ3v) is 7.01. The second-order valence-electron chi connectivity index (χ2n) is 7.57. The number of rotatable bonds is 5. The third kappa shape index (κ3) is 6.65. The Morgan fingerprint density at radius 2 is 1.75 bits per heavy atom. The number of morpholine rings is 1. The van der Waals surface area contributed by atoms with Crippen LogP contribution in [0, 0.1) is 0 Å². The number of nitrogens with two attached hydrogens (primary N) is 2. The summed E-state index contributed by atoms with van der Waals surface area (Å²) in [4.78, 5) is 20.2. The first kappa shape index (κ1) is 26.1. The number of aromatic nitrogens is 2.